The first-order valence-corrected chi connectivity index (χ1v) is 8.07. The number of rotatable bonds is 7. The minimum atomic E-state index is -0.346. The Kier molecular flexibility index (Phi) is 6.62. The molecule has 1 aromatic rings. The van der Waals surface area contributed by atoms with Gasteiger partial charge in [-0.1, -0.05) is 12.1 Å². The molecular formula is C18H26N2O3. The number of hydrogen-bond donors (Lipinski definition) is 1. The van der Waals surface area contributed by atoms with Gasteiger partial charge in [-0.3, -0.25) is 9.69 Å². The van der Waals surface area contributed by atoms with E-state index in [0.717, 1.165) is 39.0 Å². The van der Waals surface area contributed by atoms with Crippen molar-refractivity contribution in [1.82, 2.24) is 10.2 Å². The average molecular weight is 318 g/mol. The maximum Gasteiger partial charge on any atom is 0.308 e. The normalized spacial score (nSPS) is 16.6. The van der Waals surface area contributed by atoms with Crippen LogP contribution in [-0.4, -0.2) is 44.2 Å². The number of methoxy groups -OCH3 is 1. The predicted octanol–water partition coefficient (Wildman–Crippen LogP) is 2.53. The first kappa shape index (κ1) is 17.5. The van der Waals surface area contributed by atoms with Crippen molar-refractivity contribution in [3.8, 4) is 11.5 Å². The number of carbonyl (C=O) groups excluding carboxylic acids is 1. The smallest absolute Gasteiger partial charge is 0.308 e. The summed E-state index contributed by atoms with van der Waals surface area (Å²) in [7, 11) is 1.59. The third-order valence-electron chi connectivity index (χ3n) is 4.06. The Bertz CT molecular complexity index is 539. The number of allylic oxidation sites excluding steroid dienone is 1. The van der Waals surface area contributed by atoms with Crippen LogP contribution in [0.2, 0.25) is 0 Å². The van der Waals surface area contributed by atoms with Crippen LogP contribution in [0, 0.1) is 0 Å². The zero-order chi connectivity index (χ0) is 16.7. The molecule has 1 aromatic carbocycles. The van der Waals surface area contributed by atoms with Gasteiger partial charge in [0.15, 0.2) is 11.5 Å². The molecule has 0 unspecified atom stereocenters. The standard InChI is InChI=1S/C18H26N2O3/c1-4-5-6-16(20-11-9-19-10-12-20)15-7-8-17(23-14(2)21)18(13-15)22-3/h4,7-8,13,16,19H,1,5-6,9-12H2,2-3H3/t16-/m0/s1. The highest BCUT2D eigenvalue weighted by atomic mass is 16.6. The fraction of sp³-hybridized carbons (Fsp3) is 0.500. The maximum atomic E-state index is 11.2. The Morgan fingerprint density at radius 1 is 1.39 bits per heavy atom. The van der Waals surface area contributed by atoms with E-state index in [4.69, 9.17) is 9.47 Å². The highest BCUT2D eigenvalue weighted by Gasteiger charge is 2.23. The van der Waals surface area contributed by atoms with E-state index in [-0.39, 0.29) is 5.97 Å². The quantitative estimate of drug-likeness (QED) is 0.476. The van der Waals surface area contributed by atoms with E-state index in [2.05, 4.69) is 16.8 Å². The van der Waals surface area contributed by atoms with Gasteiger partial charge in [-0.05, 0) is 30.5 Å². The fourth-order valence-electron chi connectivity index (χ4n) is 2.96. The minimum Gasteiger partial charge on any atom is -0.493 e. The maximum absolute atomic E-state index is 11.2. The van der Waals surface area contributed by atoms with Crippen molar-refractivity contribution >= 4 is 5.97 Å². The van der Waals surface area contributed by atoms with Gasteiger partial charge in [0.1, 0.15) is 0 Å². The van der Waals surface area contributed by atoms with Crippen molar-refractivity contribution in [1.29, 1.82) is 0 Å². The Balaban J connectivity index is 2.25. The molecular weight excluding hydrogens is 292 g/mol. The highest BCUT2D eigenvalue weighted by Crippen LogP contribution is 2.34. The van der Waals surface area contributed by atoms with Crippen molar-refractivity contribution in [2.75, 3.05) is 33.3 Å². The van der Waals surface area contributed by atoms with Crippen molar-refractivity contribution in [3.05, 3.63) is 36.4 Å². The summed E-state index contributed by atoms with van der Waals surface area (Å²) in [5.41, 5.74) is 1.18. The van der Waals surface area contributed by atoms with Crippen LogP contribution in [0.3, 0.4) is 0 Å². The van der Waals surface area contributed by atoms with Gasteiger partial charge in [0.25, 0.3) is 0 Å². The number of nitrogens with one attached hydrogen (secondary N) is 1. The first-order chi connectivity index (χ1) is 11.2. The van der Waals surface area contributed by atoms with Crippen LogP contribution in [0.25, 0.3) is 0 Å². The molecule has 1 aliphatic heterocycles. The van der Waals surface area contributed by atoms with E-state index in [0.29, 0.717) is 17.5 Å². The van der Waals surface area contributed by atoms with Gasteiger partial charge in [0.2, 0.25) is 0 Å². The molecule has 1 N–H and O–H groups in total. The Morgan fingerprint density at radius 2 is 2.13 bits per heavy atom. The van der Waals surface area contributed by atoms with E-state index in [1.807, 2.05) is 24.3 Å². The van der Waals surface area contributed by atoms with Gasteiger partial charge in [-0.15, -0.1) is 6.58 Å². The van der Waals surface area contributed by atoms with E-state index in [1.54, 1.807) is 7.11 Å². The zero-order valence-electron chi connectivity index (χ0n) is 14.0. The molecule has 1 atom stereocenters. The minimum absolute atomic E-state index is 0.315. The van der Waals surface area contributed by atoms with E-state index < -0.39 is 0 Å². The van der Waals surface area contributed by atoms with Crippen LogP contribution in [0.1, 0.15) is 31.4 Å². The molecule has 5 heteroatoms. The van der Waals surface area contributed by atoms with Crippen molar-refractivity contribution in [2.24, 2.45) is 0 Å². The molecule has 0 saturated carbocycles. The lowest BCUT2D eigenvalue weighted by molar-refractivity contribution is -0.132. The predicted molar refractivity (Wildman–Crippen MR) is 90.9 cm³/mol. The molecule has 1 heterocycles. The lowest BCUT2D eigenvalue weighted by Gasteiger charge is -2.35. The Labute approximate surface area is 138 Å². The molecule has 2 rings (SSSR count). The number of carbonyl (C=O) groups is 1. The third kappa shape index (κ3) is 4.81. The fourth-order valence-corrected chi connectivity index (χ4v) is 2.96. The summed E-state index contributed by atoms with van der Waals surface area (Å²) in [6, 6.07) is 6.14. The van der Waals surface area contributed by atoms with Crippen LogP contribution >= 0.6 is 0 Å². The number of nitrogens with zero attached hydrogens (tertiary/aromatic N) is 1. The number of benzene rings is 1. The molecule has 0 radical (unpaired) electrons. The highest BCUT2D eigenvalue weighted by molar-refractivity contribution is 5.70. The average Bonchev–Trinajstić information content (AvgIpc) is 2.56. The largest absolute Gasteiger partial charge is 0.493 e. The number of esters is 1. The summed E-state index contributed by atoms with van der Waals surface area (Å²) >= 11 is 0. The number of ether oxygens (including phenoxy) is 2. The van der Waals surface area contributed by atoms with E-state index in [1.165, 1.54) is 12.5 Å². The van der Waals surface area contributed by atoms with Gasteiger partial charge in [0.05, 0.1) is 7.11 Å². The van der Waals surface area contributed by atoms with Crippen LogP contribution < -0.4 is 14.8 Å². The topological polar surface area (TPSA) is 50.8 Å². The third-order valence-corrected chi connectivity index (χ3v) is 4.06. The van der Waals surface area contributed by atoms with Gasteiger partial charge in [-0.2, -0.15) is 0 Å². The summed E-state index contributed by atoms with van der Waals surface area (Å²) in [5.74, 6) is 0.712. The monoisotopic (exact) mass is 318 g/mol. The Morgan fingerprint density at radius 3 is 2.74 bits per heavy atom. The first-order valence-electron chi connectivity index (χ1n) is 8.07. The molecule has 23 heavy (non-hydrogen) atoms. The van der Waals surface area contributed by atoms with Crippen LogP contribution in [0.15, 0.2) is 30.9 Å². The summed E-state index contributed by atoms with van der Waals surface area (Å²) < 4.78 is 10.6. The second-order valence-electron chi connectivity index (χ2n) is 5.67. The second-order valence-corrected chi connectivity index (χ2v) is 5.67. The molecule has 0 aromatic heterocycles. The van der Waals surface area contributed by atoms with E-state index >= 15 is 0 Å². The van der Waals surface area contributed by atoms with Gasteiger partial charge < -0.3 is 14.8 Å². The molecule has 0 bridgehead atoms. The number of piperazine rings is 1. The Hall–Kier alpha value is -1.85. The zero-order valence-corrected chi connectivity index (χ0v) is 14.0. The molecule has 0 amide bonds. The summed E-state index contributed by atoms with van der Waals surface area (Å²) in [6.07, 6.45) is 3.93. The molecule has 1 saturated heterocycles. The van der Waals surface area contributed by atoms with Crippen LogP contribution in [-0.2, 0) is 4.79 Å². The van der Waals surface area contributed by atoms with Crippen molar-refractivity contribution in [3.63, 3.8) is 0 Å². The summed E-state index contributed by atoms with van der Waals surface area (Å²) in [6.45, 7) is 9.29. The second kappa shape index (κ2) is 8.70. The summed E-state index contributed by atoms with van der Waals surface area (Å²) in [5, 5.41) is 3.39. The van der Waals surface area contributed by atoms with Gasteiger partial charge >= 0.3 is 5.97 Å². The molecule has 5 nitrogen and oxygen atoms in total. The molecule has 0 aliphatic carbocycles. The number of hydrogen-bond acceptors (Lipinski definition) is 5. The van der Waals surface area contributed by atoms with Crippen LogP contribution in [0.4, 0.5) is 0 Å². The molecule has 1 fully saturated rings. The van der Waals surface area contributed by atoms with E-state index in [9.17, 15) is 4.79 Å². The van der Waals surface area contributed by atoms with Crippen molar-refractivity contribution in [2.45, 2.75) is 25.8 Å². The molecule has 126 valence electrons. The van der Waals surface area contributed by atoms with Crippen LogP contribution in [0.5, 0.6) is 11.5 Å². The van der Waals surface area contributed by atoms with Crippen molar-refractivity contribution < 1.29 is 14.3 Å². The molecule has 0 spiro atoms. The lowest BCUT2D eigenvalue weighted by Crippen LogP contribution is -2.45. The molecule has 1 aliphatic rings. The van der Waals surface area contributed by atoms with Gasteiger partial charge in [-0.25, -0.2) is 0 Å². The van der Waals surface area contributed by atoms with Gasteiger partial charge in [0, 0.05) is 39.1 Å². The SMILES string of the molecule is C=CCC[C@@H](c1ccc(OC(C)=O)c(OC)c1)N1CCNCC1. The summed E-state index contributed by atoms with van der Waals surface area (Å²) in [4.78, 5) is 13.7. The lowest BCUT2D eigenvalue weighted by atomic mass is 9.99.